The quantitative estimate of drug-likeness (QED) is 0.720. The summed E-state index contributed by atoms with van der Waals surface area (Å²) >= 11 is 0. The van der Waals surface area contributed by atoms with Crippen LogP contribution in [0.4, 0.5) is 11.4 Å². The number of hydrogen-bond acceptors (Lipinski definition) is 4. The molecule has 1 aromatic rings. The number of rotatable bonds is 8. The molecule has 0 heterocycles. The molecule has 5 heteroatoms. The second kappa shape index (κ2) is 8.98. The third-order valence-electron chi connectivity index (χ3n) is 3.39. The minimum Gasteiger partial charge on any atom is -0.399 e. The van der Waals surface area contributed by atoms with Crippen molar-refractivity contribution in [2.24, 2.45) is 0 Å². The number of amides is 1. The zero-order valence-corrected chi connectivity index (χ0v) is 12.9. The Bertz CT molecular complexity index is 507. The fraction of sp³-hybridized carbons (Fsp3) is 0.500. The second-order valence-corrected chi connectivity index (χ2v) is 5.07. The lowest BCUT2D eigenvalue weighted by atomic mass is 10.1. The maximum Gasteiger partial charge on any atom is 0.224 e. The molecule has 0 saturated heterocycles. The van der Waals surface area contributed by atoms with Gasteiger partial charge in [0, 0.05) is 30.8 Å². The van der Waals surface area contributed by atoms with Crippen molar-refractivity contribution in [2.45, 2.75) is 33.1 Å². The Balaban J connectivity index is 2.35. The Hall–Kier alpha value is -2.06. The van der Waals surface area contributed by atoms with E-state index in [-0.39, 0.29) is 5.91 Å². The summed E-state index contributed by atoms with van der Waals surface area (Å²) in [6.45, 7) is 6.50. The van der Waals surface area contributed by atoms with Gasteiger partial charge in [0.2, 0.25) is 5.91 Å². The molecule has 0 aromatic heterocycles. The van der Waals surface area contributed by atoms with E-state index in [0.29, 0.717) is 18.5 Å². The van der Waals surface area contributed by atoms with Gasteiger partial charge in [-0.1, -0.05) is 6.92 Å². The summed E-state index contributed by atoms with van der Waals surface area (Å²) in [6, 6.07) is 7.60. The number of hydrogen-bond donors (Lipinski definition) is 2. The standard InChI is InChI=1S/C16H24N4O/c1-3-20(11-5-9-17)10-4-6-16(21)19-15-8-7-14(18)12-13(15)2/h7-8,12H,3-6,10-11,18H2,1-2H3,(H,19,21). The highest BCUT2D eigenvalue weighted by molar-refractivity contribution is 5.91. The Morgan fingerprint density at radius 2 is 2.19 bits per heavy atom. The van der Waals surface area contributed by atoms with Gasteiger partial charge in [-0.15, -0.1) is 0 Å². The van der Waals surface area contributed by atoms with E-state index < -0.39 is 0 Å². The molecular formula is C16H24N4O. The zero-order valence-electron chi connectivity index (χ0n) is 12.9. The van der Waals surface area contributed by atoms with Gasteiger partial charge in [0.15, 0.2) is 0 Å². The maximum absolute atomic E-state index is 11.9. The lowest BCUT2D eigenvalue weighted by Crippen LogP contribution is -2.26. The summed E-state index contributed by atoms with van der Waals surface area (Å²) in [5, 5.41) is 11.5. The van der Waals surface area contributed by atoms with Gasteiger partial charge < -0.3 is 16.0 Å². The fourth-order valence-corrected chi connectivity index (χ4v) is 2.14. The monoisotopic (exact) mass is 288 g/mol. The highest BCUT2D eigenvalue weighted by Gasteiger charge is 2.07. The summed E-state index contributed by atoms with van der Waals surface area (Å²) in [7, 11) is 0. The molecule has 0 saturated carbocycles. The molecule has 3 N–H and O–H groups in total. The normalized spacial score (nSPS) is 10.4. The molecular weight excluding hydrogens is 264 g/mol. The average Bonchev–Trinajstić information content (AvgIpc) is 2.45. The number of anilines is 2. The lowest BCUT2D eigenvalue weighted by Gasteiger charge is -2.18. The van der Waals surface area contributed by atoms with E-state index in [1.807, 2.05) is 19.1 Å². The number of benzene rings is 1. The first kappa shape index (κ1) is 17.0. The van der Waals surface area contributed by atoms with Gasteiger partial charge in [-0.2, -0.15) is 5.26 Å². The molecule has 0 aliphatic carbocycles. The Morgan fingerprint density at radius 3 is 2.81 bits per heavy atom. The molecule has 5 nitrogen and oxygen atoms in total. The highest BCUT2D eigenvalue weighted by atomic mass is 16.1. The van der Waals surface area contributed by atoms with Gasteiger partial charge in [0.1, 0.15) is 0 Å². The first-order valence-electron chi connectivity index (χ1n) is 7.32. The smallest absolute Gasteiger partial charge is 0.224 e. The number of nitrogens with two attached hydrogens (primary N) is 1. The predicted octanol–water partition coefficient (Wildman–Crippen LogP) is 2.53. The van der Waals surface area contributed by atoms with E-state index in [4.69, 9.17) is 11.0 Å². The Morgan fingerprint density at radius 1 is 1.43 bits per heavy atom. The summed E-state index contributed by atoms with van der Waals surface area (Å²) in [5.74, 6) is 0.0132. The lowest BCUT2D eigenvalue weighted by molar-refractivity contribution is -0.116. The molecule has 0 unspecified atom stereocenters. The molecule has 0 aliphatic heterocycles. The van der Waals surface area contributed by atoms with Crippen LogP contribution in [0, 0.1) is 18.3 Å². The largest absolute Gasteiger partial charge is 0.399 e. The van der Waals surface area contributed by atoms with Crippen molar-refractivity contribution in [1.82, 2.24) is 4.90 Å². The number of nitriles is 1. The third-order valence-corrected chi connectivity index (χ3v) is 3.39. The predicted molar refractivity (Wildman–Crippen MR) is 85.8 cm³/mol. The number of nitrogens with one attached hydrogen (secondary N) is 1. The van der Waals surface area contributed by atoms with Gasteiger partial charge >= 0.3 is 0 Å². The maximum atomic E-state index is 11.9. The minimum absolute atomic E-state index is 0.0132. The molecule has 0 aliphatic rings. The minimum atomic E-state index is 0.0132. The van der Waals surface area contributed by atoms with E-state index in [1.54, 1.807) is 6.07 Å². The van der Waals surface area contributed by atoms with Crippen LogP contribution < -0.4 is 11.1 Å². The summed E-state index contributed by atoms with van der Waals surface area (Å²) < 4.78 is 0. The van der Waals surface area contributed by atoms with Crippen molar-refractivity contribution < 1.29 is 4.79 Å². The fourth-order valence-electron chi connectivity index (χ4n) is 2.14. The molecule has 0 bridgehead atoms. The van der Waals surface area contributed by atoms with E-state index in [0.717, 1.165) is 37.3 Å². The zero-order chi connectivity index (χ0) is 15.7. The number of carbonyl (C=O) groups excluding carboxylic acids is 1. The van der Waals surface area contributed by atoms with Gasteiger partial charge in [0.25, 0.3) is 0 Å². The van der Waals surface area contributed by atoms with Crippen molar-refractivity contribution in [3.05, 3.63) is 23.8 Å². The van der Waals surface area contributed by atoms with E-state index in [9.17, 15) is 4.79 Å². The average molecular weight is 288 g/mol. The first-order valence-corrected chi connectivity index (χ1v) is 7.32. The second-order valence-electron chi connectivity index (χ2n) is 5.07. The van der Waals surface area contributed by atoms with Crippen LogP contribution in [0.3, 0.4) is 0 Å². The molecule has 0 atom stereocenters. The van der Waals surface area contributed by atoms with Crippen LogP contribution in [-0.4, -0.2) is 30.4 Å². The van der Waals surface area contributed by atoms with E-state index >= 15 is 0 Å². The van der Waals surface area contributed by atoms with Crippen LogP contribution in [-0.2, 0) is 4.79 Å². The summed E-state index contributed by atoms with van der Waals surface area (Å²) in [6.07, 6.45) is 1.80. The number of nitrogens with zero attached hydrogens (tertiary/aromatic N) is 2. The Labute approximate surface area is 126 Å². The Kier molecular flexibility index (Phi) is 7.27. The molecule has 1 rings (SSSR count). The highest BCUT2D eigenvalue weighted by Crippen LogP contribution is 2.17. The first-order chi connectivity index (χ1) is 10.1. The van der Waals surface area contributed by atoms with Crippen molar-refractivity contribution >= 4 is 17.3 Å². The van der Waals surface area contributed by atoms with Crippen LogP contribution >= 0.6 is 0 Å². The van der Waals surface area contributed by atoms with Crippen LogP contribution in [0.15, 0.2) is 18.2 Å². The summed E-state index contributed by atoms with van der Waals surface area (Å²) in [4.78, 5) is 14.1. The van der Waals surface area contributed by atoms with Gasteiger partial charge in [-0.25, -0.2) is 0 Å². The van der Waals surface area contributed by atoms with Crippen LogP contribution in [0.5, 0.6) is 0 Å². The topological polar surface area (TPSA) is 82.2 Å². The SMILES string of the molecule is CCN(CCC#N)CCCC(=O)Nc1ccc(N)cc1C. The third kappa shape index (κ3) is 6.28. The van der Waals surface area contributed by atoms with Crippen LogP contribution in [0.2, 0.25) is 0 Å². The van der Waals surface area contributed by atoms with Crippen molar-refractivity contribution in [3.63, 3.8) is 0 Å². The number of nitrogen functional groups attached to an aromatic ring is 1. The van der Waals surface area contributed by atoms with Crippen molar-refractivity contribution in [1.29, 1.82) is 5.26 Å². The molecule has 21 heavy (non-hydrogen) atoms. The van der Waals surface area contributed by atoms with Crippen LogP contribution in [0.25, 0.3) is 0 Å². The van der Waals surface area contributed by atoms with Gasteiger partial charge in [-0.3, -0.25) is 4.79 Å². The number of carbonyl (C=O) groups is 1. The van der Waals surface area contributed by atoms with Crippen LogP contribution in [0.1, 0.15) is 31.7 Å². The van der Waals surface area contributed by atoms with Crippen molar-refractivity contribution in [3.8, 4) is 6.07 Å². The molecule has 0 radical (unpaired) electrons. The molecule has 0 spiro atoms. The molecule has 1 aromatic carbocycles. The molecule has 114 valence electrons. The number of aryl methyl sites for hydroxylation is 1. The van der Waals surface area contributed by atoms with Gasteiger partial charge in [-0.05, 0) is 50.2 Å². The molecule has 0 fully saturated rings. The van der Waals surface area contributed by atoms with Gasteiger partial charge in [0.05, 0.1) is 6.07 Å². The summed E-state index contributed by atoms with van der Waals surface area (Å²) in [5.41, 5.74) is 8.16. The van der Waals surface area contributed by atoms with Crippen molar-refractivity contribution in [2.75, 3.05) is 30.7 Å². The van der Waals surface area contributed by atoms with E-state index in [1.165, 1.54) is 0 Å². The van der Waals surface area contributed by atoms with E-state index in [2.05, 4.69) is 23.2 Å². The molecule has 1 amide bonds.